The third-order valence-electron chi connectivity index (χ3n) is 6.81. The highest BCUT2D eigenvalue weighted by molar-refractivity contribution is 6.33. The molecule has 0 saturated carbocycles. The highest BCUT2D eigenvalue weighted by atomic mass is 35.5. The van der Waals surface area contributed by atoms with Crippen LogP contribution in [0.4, 0.5) is 5.69 Å². The molecule has 5 rings (SSSR count). The second-order valence-electron chi connectivity index (χ2n) is 9.99. The Balaban J connectivity index is 1.69. The molecule has 0 spiro atoms. The van der Waals surface area contributed by atoms with Crippen molar-refractivity contribution in [3.63, 3.8) is 0 Å². The van der Waals surface area contributed by atoms with E-state index in [9.17, 15) is 4.79 Å². The molecule has 0 saturated heterocycles. The summed E-state index contributed by atoms with van der Waals surface area (Å²) in [4.78, 5) is 13.6. The van der Waals surface area contributed by atoms with Crippen molar-refractivity contribution in [2.24, 2.45) is 5.41 Å². The van der Waals surface area contributed by atoms with Gasteiger partial charge in [-0.3, -0.25) is 4.79 Å². The van der Waals surface area contributed by atoms with Crippen LogP contribution >= 0.6 is 11.6 Å². The van der Waals surface area contributed by atoms with E-state index in [1.165, 1.54) is 0 Å². The molecule has 1 heterocycles. The van der Waals surface area contributed by atoms with Gasteiger partial charge in [-0.15, -0.1) is 0 Å². The molecule has 3 nitrogen and oxygen atoms in total. The Kier molecular flexibility index (Phi) is 5.61. The summed E-state index contributed by atoms with van der Waals surface area (Å²) in [7, 11) is 0. The molecule has 4 heteroatoms. The second kappa shape index (κ2) is 8.48. The van der Waals surface area contributed by atoms with E-state index in [1.54, 1.807) is 0 Å². The van der Waals surface area contributed by atoms with Gasteiger partial charge in [0.25, 0.3) is 0 Å². The minimum atomic E-state index is -0.215. The monoisotopic (exact) mass is 469 g/mol. The summed E-state index contributed by atoms with van der Waals surface area (Å²) in [6, 6.07) is 23.7. The van der Waals surface area contributed by atoms with E-state index in [0.717, 1.165) is 45.2 Å². The summed E-state index contributed by atoms with van der Waals surface area (Å²) in [5.74, 6) is 1.38. The lowest BCUT2D eigenvalue weighted by atomic mass is 9.68. The maximum absolute atomic E-state index is 13.6. The highest BCUT2D eigenvalue weighted by Gasteiger charge is 2.37. The molecule has 1 aliphatic rings. The van der Waals surface area contributed by atoms with E-state index < -0.39 is 0 Å². The van der Waals surface area contributed by atoms with Crippen molar-refractivity contribution in [3.8, 4) is 11.3 Å². The Morgan fingerprint density at radius 3 is 2.47 bits per heavy atom. The number of carbonyl (C=O) groups excluding carboxylic acids is 1. The zero-order valence-electron chi connectivity index (χ0n) is 19.7. The number of nitrogen functional groups attached to an aromatic ring is 1. The van der Waals surface area contributed by atoms with Crippen LogP contribution in [0.5, 0.6) is 0 Å². The smallest absolute Gasteiger partial charge is 0.160 e. The lowest BCUT2D eigenvalue weighted by Gasteiger charge is -2.35. The van der Waals surface area contributed by atoms with Gasteiger partial charge in [0.15, 0.2) is 5.78 Å². The number of carbonyl (C=O) groups is 1. The van der Waals surface area contributed by atoms with Crippen LogP contribution in [0.2, 0.25) is 5.02 Å². The molecule has 0 bridgehead atoms. The normalized spacial score (nSPS) is 16.8. The first-order valence-corrected chi connectivity index (χ1v) is 12.0. The first kappa shape index (κ1) is 22.5. The molecule has 0 radical (unpaired) electrons. The fraction of sp³-hybridized carbons (Fsp3) is 0.233. The average molecular weight is 470 g/mol. The summed E-state index contributed by atoms with van der Waals surface area (Å²) >= 11 is 6.39. The number of anilines is 1. The molecule has 0 aliphatic heterocycles. The van der Waals surface area contributed by atoms with E-state index in [1.807, 2.05) is 67.6 Å². The lowest BCUT2D eigenvalue weighted by Crippen LogP contribution is -2.27. The third-order valence-corrected chi connectivity index (χ3v) is 7.14. The number of rotatable bonds is 4. The van der Waals surface area contributed by atoms with E-state index in [0.29, 0.717) is 22.9 Å². The van der Waals surface area contributed by atoms with Crippen LogP contribution < -0.4 is 5.73 Å². The van der Waals surface area contributed by atoms with Gasteiger partial charge in [-0.25, -0.2) is 0 Å². The number of ketones is 1. The van der Waals surface area contributed by atoms with Gasteiger partial charge < -0.3 is 10.2 Å². The minimum Gasteiger partial charge on any atom is -0.460 e. The summed E-state index contributed by atoms with van der Waals surface area (Å²) in [5, 5.41) is 2.82. The molecule has 1 aromatic heterocycles. The van der Waals surface area contributed by atoms with Gasteiger partial charge in [-0.05, 0) is 58.5 Å². The van der Waals surface area contributed by atoms with E-state index >= 15 is 0 Å². The molecule has 0 amide bonds. The molecule has 4 aromatic rings. The van der Waals surface area contributed by atoms with Gasteiger partial charge in [-0.1, -0.05) is 74.8 Å². The zero-order valence-corrected chi connectivity index (χ0v) is 20.4. The van der Waals surface area contributed by atoms with Crippen LogP contribution in [0.25, 0.3) is 27.7 Å². The number of hydrogen-bond acceptors (Lipinski definition) is 3. The Morgan fingerprint density at radius 2 is 1.68 bits per heavy atom. The van der Waals surface area contributed by atoms with Crippen LogP contribution in [-0.2, 0) is 4.79 Å². The van der Waals surface area contributed by atoms with Crippen LogP contribution in [0.15, 0.2) is 82.8 Å². The number of furan rings is 1. The van der Waals surface area contributed by atoms with Crippen molar-refractivity contribution in [3.05, 3.63) is 94.7 Å². The van der Waals surface area contributed by atoms with E-state index in [-0.39, 0.29) is 17.1 Å². The number of Topliss-reactive ketones (excluding diaryl/α,β-unsaturated/α-hetero) is 1. The molecule has 1 aliphatic carbocycles. The molecular formula is C30H28ClNO2. The zero-order chi connectivity index (χ0) is 24.0. The van der Waals surface area contributed by atoms with Crippen molar-refractivity contribution in [1.82, 2.24) is 0 Å². The largest absolute Gasteiger partial charge is 0.460 e. The molecule has 34 heavy (non-hydrogen) atoms. The quantitative estimate of drug-likeness (QED) is 0.306. The number of benzene rings is 3. The lowest BCUT2D eigenvalue weighted by molar-refractivity contribution is -0.118. The maximum Gasteiger partial charge on any atom is 0.160 e. The minimum absolute atomic E-state index is 0.148. The van der Waals surface area contributed by atoms with Crippen LogP contribution in [0.3, 0.4) is 0 Å². The summed E-state index contributed by atoms with van der Waals surface area (Å²) < 4.78 is 6.27. The number of allylic oxidation sites excluding steroid dienone is 2. The molecule has 0 unspecified atom stereocenters. The fourth-order valence-corrected chi connectivity index (χ4v) is 5.45. The third kappa shape index (κ3) is 3.95. The van der Waals surface area contributed by atoms with Gasteiger partial charge >= 0.3 is 0 Å². The van der Waals surface area contributed by atoms with Gasteiger partial charge in [-0.2, -0.15) is 0 Å². The fourth-order valence-electron chi connectivity index (χ4n) is 5.22. The van der Waals surface area contributed by atoms with Gasteiger partial charge in [0.2, 0.25) is 0 Å². The number of halogens is 1. The highest BCUT2D eigenvalue weighted by Crippen LogP contribution is 2.48. The summed E-state index contributed by atoms with van der Waals surface area (Å²) in [6.07, 6.45) is 1.27. The molecule has 172 valence electrons. The van der Waals surface area contributed by atoms with Gasteiger partial charge in [0.1, 0.15) is 11.5 Å². The Bertz CT molecular complexity index is 1440. The topological polar surface area (TPSA) is 56.2 Å². The first-order valence-electron chi connectivity index (χ1n) is 11.6. The Labute approximate surface area is 205 Å². The Morgan fingerprint density at radius 1 is 0.941 bits per heavy atom. The van der Waals surface area contributed by atoms with Crippen LogP contribution in [0, 0.1) is 5.41 Å². The van der Waals surface area contributed by atoms with Crippen molar-refractivity contribution in [2.45, 2.75) is 39.5 Å². The molecular weight excluding hydrogens is 442 g/mol. The van der Waals surface area contributed by atoms with E-state index in [4.69, 9.17) is 21.8 Å². The predicted octanol–water partition coefficient (Wildman–Crippen LogP) is 8.28. The number of fused-ring (bicyclic) bond motifs is 1. The SMILES string of the molecule is C[C@@H](C1=C(c2c(N)ccc3ccccc23)CC(C)(C)CC1=O)c1ccc(-c2ccccc2Cl)o1. The molecule has 1 atom stereocenters. The van der Waals surface area contributed by atoms with Gasteiger partial charge in [0, 0.05) is 34.7 Å². The Hall–Kier alpha value is -3.30. The van der Waals surface area contributed by atoms with Crippen LogP contribution in [-0.4, -0.2) is 5.78 Å². The summed E-state index contributed by atoms with van der Waals surface area (Å²) in [5.41, 5.74) is 10.7. The van der Waals surface area contributed by atoms with Gasteiger partial charge in [0.05, 0.1) is 5.02 Å². The van der Waals surface area contributed by atoms with Crippen molar-refractivity contribution < 1.29 is 9.21 Å². The molecule has 2 N–H and O–H groups in total. The average Bonchev–Trinajstić information content (AvgIpc) is 3.28. The molecule has 0 fully saturated rings. The second-order valence-corrected chi connectivity index (χ2v) is 10.4. The maximum atomic E-state index is 13.6. The van der Waals surface area contributed by atoms with Crippen molar-refractivity contribution in [1.29, 1.82) is 0 Å². The summed E-state index contributed by atoms with van der Waals surface area (Å²) in [6.45, 7) is 6.34. The standard InChI is InChI=1S/C30H28ClNO2/c1-18(26-14-15-27(34-26)21-10-6-7-11-23(21)31)28-22(16-30(2,3)17-25(28)33)29-20-9-5-4-8-19(20)12-13-24(29)32/h4-15,18H,16-17,32H2,1-3H3/t18-/m1/s1. The van der Waals surface area contributed by atoms with Crippen molar-refractivity contribution in [2.75, 3.05) is 5.73 Å². The van der Waals surface area contributed by atoms with Crippen LogP contribution in [0.1, 0.15) is 50.9 Å². The number of hydrogen-bond donors (Lipinski definition) is 1. The van der Waals surface area contributed by atoms with Crippen molar-refractivity contribution >= 4 is 39.4 Å². The first-order chi connectivity index (χ1) is 16.2. The molecule has 3 aromatic carbocycles. The van der Waals surface area contributed by atoms with E-state index in [2.05, 4.69) is 26.0 Å². The predicted molar refractivity (Wildman–Crippen MR) is 141 cm³/mol. The number of nitrogens with two attached hydrogens (primary N) is 1.